The van der Waals surface area contributed by atoms with Gasteiger partial charge < -0.3 is 5.73 Å². The fourth-order valence-corrected chi connectivity index (χ4v) is 3.71. The zero-order valence-corrected chi connectivity index (χ0v) is 12.3. The predicted molar refractivity (Wildman–Crippen MR) is 84.2 cm³/mol. The predicted octanol–water partition coefficient (Wildman–Crippen LogP) is 2.08. The van der Waals surface area contributed by atoms with Crippen LogP contribution in [-0.4, -0.2) is 17.3 Å². The number of nitrogen functional groups attached to an aromatic ring is 1. The van der Waals surface area contributed by atoms with Gasteiger partial charge in [0.1, 0.15) is 0 Å². The van der Waals surface area contributed by atoms with Crippen LogP contribution in [0.25, 0.3) is 5.57 Å². The Morgan fingerprint density at radius 2 is 2.00 bits per heavy atom. The largest absolute Gasteiger partial charge is 0.398 e. The average molecular weight is 291 g/mol. The molecule has 1 aliphatic heterocycles. The molecule has 2 aliphatic rings. The highest BCUT2D eigenvalue weighted by Gasteiger charge is 2.20. The van der Waals surface area contributed by atoms with Crippen LogP contribution in [0.15, 0.2) is 24.3 Å². The summed E-state index contributed by atoms with van der Waals surface area (Å²) in [7, 11) is 0. The number of allylic oxidation sites excluding steroid dienone is 2. The van der Waals surface area contributed by atoms with Crippen LogP contribution in [0.1, 0.15) is 42.7 Å². The molecule has 1 saturated heterocycles. The van der Waals surface area contributed by atoms with Crippen molar-refractivity contribution in [3.05, 3.63) is 35.4 Å². The lowest BCUT2D eigenvalue weighted by Crippen LogP contribution is -2.43. The summed E-state index contributed by atoms with van der Waals surface area (Å²) in [6.07, 6.45) is 7.14. The van der Waals surface area contributed by atoms with E-state index in [0.717, 1.165) is 31.6 Å². The molecule has 0 radical (unpaired) electrons. The Bertz CT molecular complexity index is 546. The van der Waals surface area contributed by atoms with Crippen LogP contribution in [0.3, 0.4) is 0 Å². The monoisotopic (exact) mass is 291 g/mol. The molecule has 0 spiro atoms. The summed E-state index contributed by atoms with van der Waals surface area (Å²) in [5.74, 6) is 0.344. The lowest BCUT2D eigenvalue weighted by atomic mass is 9.89. The van der Waals surface area contributed by atoms with Gasteiger partial charge in [-0.2, -0.15) is 0 Å². The summed E-state index contributed by atoms with van der Waals surface area (Å²) in [6.45, 7) is 1.48. The fourth-order valence-electron chi connectivity index (χ4n) is 2.90. The third kappa shape index (κ3) is 2.95. The maximum atomic E-state index is 11.3. The van der Waals surface area contributed by atoms with Gasteiger partial charge in [0.25, 0.3) is 0 Å². The van der Waals surface area contributed by atoms with Crippen LogP contribution < -0.4 is 15.2 Å². The van der Waals surface area contributed by atoms with Crippen LogP contribution in [0.2, 0.25) is 0 Å². The summed E-state index contributed by atoms with van der Waals surface area (Å²) in [5.41, 5.74) is 10.8. The minimum atomic E-state index is -1.08. The van der Waals surface area contributed by atoms with Crippen molar-refractivity contribution in [2.75, 3.05) is 18.8 Å². The topological polar surface area (TPSA) is 67.1 Å². The van der Waals surface area contributed by atoms with Gasteiger partial charge in [0.15, 0.2) is 11.2 Å². The number of nitrogens with one attached hydrogen (secondary N) is 2. The first-order valence-corrected chi connectivity index (χ1v) is 8.36. The van der Waals surface area contributed by atoms with E-state index in [0.29, 0.717) is 5.92 Å². The minimum Gasteiger partial charge on any atom is -0.398 e. The Morgan fingerprint density at radius 1 is 1.20 bits per heavy atom. The van der Waals surface area contributed by atoms with Crippen molar-refractivity contribution >= 4 is 22.4 Å². The van der Waals surface area contributed by atoms with Gasteiger partial charge >= 0.3 is 0 Å². The first-order valence-electron chi connectivity index (χ1n) is 7.21. The Balaban J connectivity index is 1.86. The molecule has 0 unspecified atom stereocenters. The molecule has 108 valence electrons. The van der Waals surface area contributed by atoms with Crippen molar-refractivity contribution in [3.8, 4) is 0 Å². The lowest BCUT2D eigenvalue weighted by Gasteiger charge is -2.24. The Kier molecular flexibility index (Phi) is 4.19. The van der Waals surface area contributed by atoms with Crippen molar-refractivity contribution < 1.29 is 4.21 Å². The maximum absolute atomic E-state index is 11.3. The van der Waals surface area contributed by atoms with Gasteiger partial charge in [-0.05, 0) is 49.0 Å². The van der Waals surface area contributed by atoms with Crippen LogP contribution in [0, 0.1) is 0 Å². The summed E-state index contributed by atoms with van der Waals surface area (Å²) in [5, 5.41) is 0. The molecule has 0 bridgehead atoms. The molecule has 1 aliphatic carbocycles. The molecule has 0 atom stereocenters. The van der Waals surface area contributed by atoms with Crippen molar-refractivity contribution in [2.24, 2.45) is 0 Å². The Labute approximate surface area is 122 Å². The van der Waals surface area contributed by atoms with Crippen LogP contribution in [-0.2, 0) is 11.2 Å². The summed E-state index contributed by atoms with van der Waals surface area (Å²) in [6, 6.07) is 6.31. The fraction of sp³-hybridized carbons (Fsp3) is 0.467. The molecular weight excluding hydrogens is 270 g/mol. The molecular formula is C15H21N3OS. The zero-order valence-electron chi connectivity index (χ0n) is 11.5. The smallest absolute Gasteiger partial charge is 0.167 e. The van der Waals surface area contributed by atoms with Gasteiger partial charge in [0.2, 0.25) is 0 Å². The first kappa shape index (κ1) is 13.8. The van der Waals surface area contributed by atoms with Gasteiger partial charge in [-0.3, -0.25) is 0 Å². The molecule has 1 aromatic rings. The number of rotatable bonds is 2. The maximum Gasteiger partial charge on any atom is 0.167 e. The average Bonchev–Trinajstić information content (AvgIpc) is 2.50. The van der Waals surface area contributed by atoms with Crippen molar-refractivity contribution in [2.45, 2.75) is 31.6 Å². The van der Waals surface area contributed by atoms with E-state index in [1.807, 2.05) is 6.07 Å². The van der Waals surface area contributed by atoms with Gasteiger partial charge in [0, 0.05) is 30.3 Å². The van der Waals surface area contributed by atoms with Crippen molar-refractivity contribution in [3.63, 3.8) is 0 Å². The van der Waals surface area contributed by atoms with Gasteiger partial charge in [-0.15, -0.1) is 0 Å². The van der Waals surface area contributed by atoms with Gasteiger partial charge in [-0.1, -0.05) is 12.1 Å². The molecule has 4 nitrogen and oxygen atoms in total. The van der Waals surface area contributed by atoms with E-state index in [1.54, 1.807) is 0 Å². The van der Waals surface area contributed by atoms with Crippen LogP contribution in [0.4, 0.5) is 5.69 Å². The highest BCUT2D eigenvalue weighted by atomic mass is 32.2. The third-order valence-corrected chi connectivity index (χ3v) is 4.97. The second-order valence-electron chi connectivity index (χ2n) is 5.48. The van der Waals surface area contributed by atoms with Gasteiger partial charge in [-0.25, -0.2) is 13.7 Å². The molecule has 4 N–H and O–H groups in total. The number of nitrogens with two attached hydrogens (primary N) is 1. The van der Waals surface area contributed by atoms with E-state index < -0.39 is 11.2 Å². The summed E-state index contributed by atoms with van der Waals surface area (Å²) in [4.78, 5) is 0. The summed E-state index contributed by atoms with van der Waals surface area (Å²) < 4.78 is 17.2. The number of anilines is 1. The second-order valence-corrected chi connectivity index (χ2v) is 6.60. The molecule has 3 rings (SSSR count). The molecule has 1 aromatic carbocycles. The highest BCUT2D eigenvalue weighted by Crippen LogP contribution is 2.32. The number of hydrogen-bond donors (Lipinski definition) is 3. The minimum absolute atomic E-state index is 0.344. The van der Waals surface area contributed by atoms with Gasteiger partial charge in [0.05, 0.1) is 0 Å². The van der Waals surface area contributed by atoms with E-state index in [9.17, 15) is 4.21 Å². The van der Waals surface area contributed by atoms with E-state index >= 15 is 0 Å². The molecule has 0 amide bonds. The molecule has 5 heteroatoms. The Morgan fingerprint density at radius 3 is 2.70 bits per heavy atom. The second kappa shape index (κ2) is 6.08. The van der Waals surface area contributed by atoms with Crippen LogP contribution >= 0.6 is 0 Å². The Hall–Kier alpha value is -1.17. The number of hydrogen-bond acceptors (Lipinski definition) is 2. The van der Waals surface area contributed by atoms with Crippen molar-refractivity contribution in [1.29, 1.82) is 0 Å². The quantitative estimate of drug-likeness (QED) is 0.730. The highest BCUT2D eigenvalue weighted by molar-refractivity contribution is 7.81. The SMILES string of the molecule is Nc1ccc(C2CNS(=O)NC2)cc1C1=CCCCC1. The molecule has 20 heavy (non-hydrogen) atoms. The van der Waals surface area contributed by atoms with Crippen molar-refractivity contribution in [1.82, 2.24) is 9.44 Å². The third-order valence-electron chi connectivity index (χ3n) is 4.11. The van der Waals surface area contributed by atoms with E-state index in [1.165, 1.54) is 29.5 Å². The zero-order chi connectivity index (χ0) is 13.9. The van der Waals surface area contributed by atoms with E-state index in [-0.39, 0.29) is 0 Å². The number of benzene rings is 1. The molecule has 1 heterocycles. The lowest BCUT2D eigenvalue weighted by molar-refractivity contribution is 0.586. The van der Waals surface area contributed by atoms with E-state index in [4.69, 9.17) is 5.73 Å². The molecule has 1 fully saturated rings. The van der Waals surface area contributed by atoms with Crippen LogP contribution in [0.5, 0.6) is 0 Å². The molecule has 0 saturated carbocycles. The summed E-state index contributed by atoms with van der Waals surface area (Å²) >= 11 is -1.08. The standard InChI is InChI=1S/C15H21N3OS/c16-15-7-6-12(13-9-17-20(19)18-10-13)8-14(15)11-4-2-1-3-5-11/h4,6-8,13,17-18H,1-3,5,9-10,16H2. The normalized spacial score (nSPS) is 27.1. The van der Waals surface area contributed by atoms with E-state index in [2.05, 4.69) is 27.7 Å². The molecule has 0 aromatic heterocycles. The first-order chi connectivity index (χ1) is 9.74.